The number of halogens is 2. The predicted molar refractivity (Wildman–Crippen MR) is 107 cm³/mol. The van der Waals surface area contributed by atoms with E-state index in [1.54, 1.807) is 12.1 Å². The van der Waals surface area contributed by atoms with Crippen molar-refractivity contribution in [2.45, 2.75) is 31.9 Å². The van der Waals surface area contributed by atoms with E-state index in [2.05, 4.69) is 16.0 Å². The fourth-order valence-electron chi connectivity index (χ4n) is 3.59. The Kier molecular flexibility index (Phi) is 5.27. The summed E-state index contributed by atoms with van der Waals surface area (Å²) in [5.41, 5.74) is 5.42. The zero-order valence-electron chi connectivity index (χ0n) is 16.7. The highest BCUT2D eigenvalue weighted by Gasteiger charge is 2.28. The maximum Gasteiger partial charge on any atom is 0.351 e. The Morgan fingerprint density at radius 3 is 2.27 bits per heavy atom. The van der Waals surface area contributed by atoms with Crippen molar-refractivity contribution in [3.63, 3.8) is 0 Å². The van der Waals surface area contributed by atoms with E-state index in [0.29, 0.717) is 11.6 Å². The highest BCUT2D eigenvalue weighted by atomic mass is 19.1. The molecule has 0 saturated carbocycles. The first kappa shape index (κ1) is 20.4. The first-order valence-corrected chi connectivity index (χ1v) is 9.67. The molecule has 2 aromatic carbocycles. The Labute approximate surface area is 171 Å². The quantitative estimate of drug-likeness (QED) is 0.592. The molecule has 0 aliphatic carbocycles. The number of nitrogens with one attached hydrogen (secondary N) is 2. The molecule has 3 N–H and O–H groups in total. The molecule has 0 radical (unpaired) electrons. The Bertz CT molecular complexity index is 1090. The van der Waals surface area contributed by atoms with Gasteiger partial charge >= 0.3 is 5.69 Å². The molecule has 7 nitrogen and oxygen atoms in total. The van der Waals surface area contributed by atoms with Gasteiger partial charge in [-0.1, -0.05) is 18.2 Å². The van der Waals surface area contributed by atoms with Crippen molar-refractivity contribution >= 4 is 0 Å². The van der Waals surface area contributed by atoms with Gasteiger partial charge in [0.05, 0.1) is 12.2 Å². The standard InChI is InChI=1S/C21H23F2N5O2/c1-21(2,30)19-26-28(15-8-6-13(7-9-15)14-10-24-25-11-14)20(29)27(19)12-16-17(22)4-3-5-18(16)23/h3-9,14,24-25,30H,10-12H2,1-2H3. The lowest BCUT2D eigenvalue weighted by Gasteiger charge is -2.17. The summed E-state index contributed by atoms with van der Waals surface area (Å²) < 4.78 is 30.6. The Balaban J connectivity index is 1.76. The number of aromatic nitrogens is 3. The summed E-state index contributed by atoms with van der Waals surface area (Å²) in [6, 6.07) is 10.9. The minimum atomic E-state index is -1.49. The van der Waals surface area contributed by atoms with Gasteiger partial charge in [0.25, 0.3) is 0 Å². The molecule has 1 aliphatic heterocycles. The highest BCUT2D eigenvalue weighted by molar-refractivity contribution is 5.36. The molecule has 0 spiro atoms. The fraction of sp³-hybridized carbons (Fsp3) is 0.333. The number of hydrogen-bond acceptors (Lipinski definition) is 5. The third-order valence-electron chi connectivity index (χ3n) is 5.22. The lowest BCUT2D eigenvalue weighted by atomic mass is 10.0. The van der Waals surface area contributed by atoms with E-state index in [0.717, 1.165) is 40.0 Å². The topological polar surface area (TPSA) is 84.1 Å². The summed E-state index contributed by atoms with van der Waals surface area (Å²) in [6.45, 7) is 4.18. The monoisotopic (exact) mass is 415 g/mol. The van der Waals surface area contributed by atoms with Crippen LogP contribution >= 0.6 is 0 Å². The molecule has 1 saturated heterocycles. The Hall–Kier alpha value is -2.88. The summed E-state index contributed by atoms with van der Waals surface area (Å²) in [5.74, 6) is -1.19. The van der Waals surface area contributed by atoms with Crippen molar-refractivity contribution in [3.05, 3.63) is 81.5 Å². The van der Waals surface area contributed by atoms with Crippen LogP contribution in [-0.2, 0) is 12.1 Å². The van der Waals surface area contributed by atoms with Crippen molar-refractivity contribution in [1.82, 2.24) is 25.2 Å². The fourth-order valence-corrected chi connectivity index (χ4v) is 3.59. The molecule has 9 heteroatoms. The molecular weight excluding hydrogens is 392 g/mol. The molecule has 0 bridgehead atoms. The van der Waals surface area contributed by atoms with E-state index < -0.39 is 22.9 Å². The van der Waals surface area contributed by atoms with Crippen LogP contribution in [-0.4, -0.2) is 32.5 Å². The first-order chi connectivity index (χ1) is 14.3. The van der Waals surface area contributed by atoms with Gasteiger partial charge in [-0.3, -0.25) is 15.4 Å². The second-order valence-electron chi connectivity index (χ2n) is 7.91. The van der Waals surface area contributed by atoms with Gasteiger partial charge in [-0.25, -0.2) is 13.6 Å². The molecular formula is C21H23F2N5O2. The van der Waals surface area contributed by atoms with Gasteiger partial charge in [0.15, 0.2) is 5.82 Å². The lowest BCUT2D eigenvalue weighted by molar-refractivity contribution is 0.0642. The van der Waals surface area contributed by atoms with Crippen LogP contribution < -0.4 is 16.5 Å². The van der Waals surface area contributed by atoms with Crippen LogP contribution in [0.2, 0.25) is 0 Å². The van der Waals surface area contributed by atoms with Gasteiger partial charge in [-0.15, -0.1) is 5.10 Å². The molecule has 1 aromatic heterocycles. The lowest BCUT2D eigenvalue weighted by Crippen LogP contribution is -2.29. The van der Waals surface area contributed by atoms with E-state index in [1.165, 1.54) is 19.9 Å². The molecule has 30 heavy (non-hydrogen) atoms. The largest absolute Gasteiger partial charge is 0.382 e. The molecule has 0 unspecified atom stereocenters. The molecule has 158 valence electrons. The first-order valence-electron chi connectivity index (χ1n) is 9.67. The van der Waals surface area contributed by atoms with Crippen molar-refractivity contribution in [2.75, 3.05) is 13.1 Å². The number of nitrogens with zero attached hydrogens (tertiary/aromatic N) is 3. The summed E-state index contributed by atoms with van der Waals surface area (Å²) in [6.07, 6.45) is 0. The van der Waals surface area contributed by atoms with Crippen LogP contribution in [0, 0.1) is 11.6 Å². The van der Waals surface area contributed by atoms with Crippen LogP contribution in [0.3, 0.4) is 0 Å². The van der Waals surface area contributed by atoms with E-state index in [4.69, 9.17) is 0 Å². The van der Waals surface area contributed by atoms with Crippen LogP contribution in [0.25, 0.3) is 5.69 Å². The molecule has 2 heterocycles. The second-order valence-corrected chi connectivity index (χ2v) is 7.91. The van der Waals surface area contributed by atoms with Gasteiger partial charge in [-0.05, 0) is 43.7 Å². The SMILES string of the molecule is CC(C)(O)c1nn(-c2ccc(C3CNNC3)cc2)c(=O)n1Cc1c(F)cccc1F. The van der Waals surface area contributed by atoms with Crippen molar-refractivity contribution in [1.29, 1.82) is 0 Å². The van der Waals surface area contributed by atoms with Crippen LogP contribution in [0.15, 0.2) is 47.3 Å². The van der Waals surface area contributed by atoms with Gasteiger partial charge < -0.3 is 5.11 Å². The van der Waals surface area contributed by atoms with Crippen LogP contribution in [0.5, 0.6) is 0 Å². The molecule has 1 fully saturated rings. The number of benzene rings is 2. The zero-order chi connectivity index (χ0) is 21.5. The number of rotatable bonds is 5. The summed E-state index contributed by atoms with van der Waals surface area (Å²) >= 11 is 0. The van der Waals surface area contributed by atoms with Crippen LogP contribution in [0.4, 0.5) is 8.78 Å². The summed E-state index contributed by atoms with van der Waals surface area (Å²) in [5, 5.41) is 14.8. The zero-order valence-corrected chi connectivity index (χ0v) is 16.7. The van der Waals surface area contributed by atoms with Gasteiger partial charge in [0.2, 0.25) is 0 Å². The Morgan fingerprint density at radius 1 is 1.10 bits per heavy atom. The molecule has 3 aromatic rings. The molecule has 4 rings (SSSR count). The second kappa shape index (κ2) is 7.75. The van der Waals surface area contributed by atoms with E-state index in [9.17, 15) is 18.7 Å². The molecule has 0 atom stereocenters. The van der Waals surface area contributed by atoms with Crippen molar-refractivity contribution < 1.29 is 13.9 Å². The van der Waals surface area contributed by atoms with Gasteiger partial charge in [-0.2, -0.15) is 4.68 Å². The highest BCUT2D eigenvalue weighted by Crippen LogP contribution is 2.22. The predicted octanol–water partition coefficient (Wildman–Crippen LogP) is 1.78. The van der Waals surface area contributed by atoms with E-state index in [1.807, 2.05) is 12.1 Å². The summed E-state index contributed by atoms with van der Waals surface area (Å²) in [7, 11) is 0. The average Bonchev–Trinajstić information content (AvgIpc) is 3.33. The number of hydrazine groups is 1. The van der Waals surface area contributed by atoms with Crippen molar-refractivity contribution in [2.24, 2.45) is 0 Å². The third kappa shape index (κ3) is 3.79. The van der Waals surface area contributed by atoms with E-state index in [-0.39, 0.29) is 17.9 Å². The minimum absolute atomic E-state index is 0.0171. The maximum absolute atomic E-state index is 14.2. The van der Waals surface area contributed by atoms with Gasteiger partial charge in [0.1, 0.15) is 17.2 Å². The number of hydrogen-bond donors (Lipinski definition) is 3. The normalized spacial score (nSPS) is 15.1. The Morgan fingerprint density at radius 2 is 1.70 bits per heavy atom. The van der Waals surface area contributed by atoms with Gasteiger partial charge in [0, 0.05) is 24.6 Å². The van der Waals surface area contributed by atoms with Crippen LogP contribution in [0.1, 0.15) is 36.7 Å². The molecule has 0 amide bonds. The van der Waals surface area contributed by atoms with Crippen molar-refractivity contribution in [3.8, 4) is 5.69 Å². The maximum atomic E-state index is 14.2. The average molecular weight is 415 g/mol. The number of aliphatic hydroxyl groups is 1. The smallest absolute Gasteiger partial charge is 0.351 e. The summed E-state index contributed by atoms with van der Waals surface area (Å²) in [4.78, 5) is 13.1. The minimum Gasteiger partial charge on any atom is -0.382 e. The van der Waals surface area contributed by atoms with E-state index >= 15 is 0 Å². The third-order valence-corrected chi connectivity index (χ3v) is 5.22. The molecule has 1 aliphatic rings.